The quantitative estimate of drug-likeness (QED) is 0.718. The molecule has 70 valence electrons. The van der Waals surface area contributed by atoms with Gasteiger partial charge in [0.15, 0.2) is 0 Å². The van der Waals surface area contributed by atoms with Crippen molar-refractivity contribution in [2.45, 2.75) is 5.88 Å². The molecule has 0 aliphatic carbocycles. The average Bonchev–Trinajstić information content (AvgIpc) is 2.58. The summed E-state index contributed by atoms with van der Waals surface area (Å²) in [5, 5.41) is 9.93. The minimum Gasteiger partial charge on any atom is -0.192 e. The predicted octanol–water partition coefficient (Wildman–Crippen LogP) is 4.27. The van der Waals surface area contributed by atoms with Crippen LogP contribution in [-0.2, 0) is 5.88 Å². The molecule has 0 aliphatic rings. The molecule has 0 saturated carbocycles. The zero-order valence-corrected chi connectivity index (χ0v) is 10.2. The first-order chi connectivity index (χ1) is 6.74. The van der Waals surface area contributed by atoms with E-state index in [4.69, 9.17) is 16.9 Å². The van der Waals surface area contributed by atoms with Gasteiger partial charge in [-0.05, 0) is 39.5 Å². The van der Waals surface area contributed by atoms with Crippen LogP contribution in [0.25, 0.3) is 10.1 Å². The van der Waals surface area contributed by atoms with Gasteiger partial charge in [0.05, 0.1) is 11.4 Å². The Bertz CT molecular complexity index is 527. The molecule has 0 atom stereocenters. The van der Waals surface area contributed by atoms with E-state index < -0.39 is 0 Å². The van der Waals surface area contributed by atoms with Gasteiger partial charge in [-0.15, -0.1) is 22.9 Å². The van der Waals surface area contributed by atoms with Crippen LogP contribution in [0.5, 0.6) is 0 Å². The number of thiophene rings is 1. The molecule has 0 saturated heterocycles. The van der Waals surface area contributed by atoms with Crippen molar-refractivity contribution in [2.24, 2.45) is 0 Å². The van der Waals surface area contributed by atoms with E-state index in [1.54, 1.807) is 11.3 Å². The Balaban J connectivity index is 2.71. The van der Waals surface area contributed by atoms with Gasteiger partial charge in [-0.1, -0.05) is 0 Å². The summed E-state index contributed by atoms with van der Waals surface area (Å²) in [5.41, 5.74) is 0.663. The topological polar surface area (TPSA) is 23.8 Å². The number of alkyl halides is 1. The molecule has 1 aromatic heterocycles. The minimum absolute atomic E-state index is 0.527. The van der Waals surface area contributed by atoms with E-state index in [9.17, 15) is 0 Å². The maximum absolute atomic E-state index is 8.84. The summed E-state index contributed by atoms with van der Waals surface area (Å²) in [4.78, 5) is 1.13. The van der Waals surface area contributed by atoms with Crippen molar-refractivity contribution in [3.05, 3.63) is 33.1 Å². The molecule has 0 N–H and O–H groups in total. The molecule has 0 spiro atoms. The van der Waals surface area contributed by atoms with Crippen LogP contribution < -0.4 is 0 Å². The summed E-state index contributed by atoms with van der Waals surface area (Å²) >= 11 is 10.8. The zero-order valence-electron chi connectivity index (χ0n) is 7.05. The third-order valence-electron chi connectivity index (χ3n) is 1.91. The van der Waals surface area contributed by atoms with Gasteiger partial charge < -0.3 is 0 Å². The smallest absolute Gasteiger partial charge is 0.100 e. The van der Waals surface area contributed by atoms with Crippen LogP contribution >= 0.6 is 38.9 Å². The van der Waals surface area contributed by atoms with Crippen LogP contribution in [0.2, 0.25) is 0 Å². The molecule has 0 bridgehead atoms. The van der Waals surface area contributed by atoms with Gasteiger partial charge in [-0.3, -0.25) is 0 Å². The first-order valence-electron chi connectivity index (χ1n) is 3.92. The van der Waals surface area contributed by atoms with E-state index >= 15 is 0 Å². The highest BCUT2D eigenvalue weighted by Crippen LogP contribution is 2.31. The molecule has 1 nitrogen and oxygen atoms in total. The van der Waals surface area contributed by atoms with E-state index in [1.807, 2.05) is 18.2 Å². The first kappa shape index (κ1) is 9.97. The largest absolute Gasteiger partial charge is 0.192 e. The fourth-order valence-corrected chi connectivity index (χ4v) is 3.03. The molecule has 2 aromatic rings. The molecule has 14 heavy (non-hydrogen) atoms. The van der Waals surface area contributed by atoms with Gasteiger partial charge in [0.2, 0.25) is 0 Å². The van der Waals surface area contributed by atoms with E-state index in [0.717, 1.165) is 19.4 Å². The number of halogens is 2. The van der Waals surface area contributed by atoms with Crippen molar-refractivity contribution >= 4 is 49.0 Å². The number of hydrogen-bond acceptors (Lipinski definition) is 2. The Morgan fingerprint density at radius 3 is 2.86 bits per heavy atom. The highest BCUT2D eigenvalue weighted by molar-refractivity contribution is 9.10. The Morgan fingerprint density at radius 1 is 1.43 bits per heavy atom. The molecular weight excluding hydrogens is 282 g/mol. The number of nitriles is 1. The summed E-state index contributed by atoms with van der Waals surface area (Å²) in [6.45, 7) is 0. The number of hydrogen-bond donors (Lipinski definition) is 0. The average molecular weight is 287 g/mol. The SMILES string of the molecule is N#Cc1cc2cc(CCl)sc2cc1Br. The molecule has 0 radical (unpaired) electrons. The monoisotopic (exact) mass is 285 g/mol. The Kier molecular flexibility index (Phi) is 2.78. The Hall–Kier alpha value is -0.560. The lowest BCUT2D eigenvalue weighted by Gasteiger charge is -1.94. The second kappa shape index (κ2) is 3.90. The summed E-state index contributed by atoms with van der Waals surface area (Å²) < 4.78 is 2.00. The second-order valence-corrected chi connectivity index (χ2v) is 5.12. The van der Waals surface area contributed by atoms with E-state index in [0.29, 0.717) is 11.4 Å². The summed E-state index contributed by atoms with van der Waals surface area (Å²) in [7, 11) is 0. The van der Waals surface area contributed by atoms with Gasteiger partial charge >= 0.3 is 0 Å². The van der Waals surface area contributed by atoms with E-state index in [-0.39, 0.29) is 0 Å². The highest BCUT2D eigenvalue weighted by Gasteiger charge is 2.05. The number of nitrogens with zero attached hydrogens (tertiary/aromatic N) is 1. The van der Waals surface area contributed by atoms with Crippen LogP contribution in [0.3, 0.4) is 0 Å². The molecule has 1 heterocycles. The van der Waals surface area contributed by atoms with Gasteiger partial charge in [-0.25, -0.2) is 0 Å². The molecule has 0 fully saturated rings. The lowest BCUT2D eigenvalue weighted by atomic mass is 10.2. The fraction of sp³-hybridized carbons (Fsp3) is 0.100. The molecule has 0 aliphatic heterocycles. The summed E-state index contributed by atoms with van der Waals surface area (Å²) in [5.74, 6) is 0.527. The molecular formula is C10H5BrClNS. The summed E-state index contributed by atoms with van der Waals surface area (Å²) in [6, 6.07) is 8.02. The summed E-state index contributed by atoms with van der Waals surface area (Å²) in [6.07, 6.45) is 0. The van der Waals surface area contributed by atoms with Crippen molar-refractivity contribution < 1.29 is 0 Å². The van der Waals surface area contributed by atoms with Gasteiger partial charge in [0, 0.05) is 14.0 Å². The lowest BCUT2D eigenvalue weighted by molar-refractivity contribution is 1.48. The van der Waals surface area contributed by atoms with Gasteiger partial charge in [-0.2, -0.15) is 5.26 Å². The van der Waals surface area contributed by atoms with Gasteiger partial charge in [0.1, 0.15) is 6.07 Å². The van der Waals surface area contributed by atoms with Crippen LogP contribution in [0.15, 0.2) is 22.7 Å². The van der Waals surface area contributed by atoms with Crippen molar-refractivity contribution in [2.75, 3.05) is 0 Å². The zero-order chi connectivity index (χ0) is 10.1. The number of benzene rings is 1. The Morgan fingerprint density at radius 2 is 2.21 bits per heavy atom. The molecule has 4 heteroatoms. The van der Waals surface area contributed by atoms with E-state index in [2.05, 4.69) is 22.0 Å². The number of rotatable bonds is 1. The normalized spacial score (nSPS) is 10.4. The first-order valence-corrected chi connectivity index (χ1v) is 6.07. The predicted molar refractivity (Wildman–Crippen MR) is 63.8 cm³/mol. The van der Waals surface area contributed by atoms with Crippen molar-refractivity contribution in [1.82, 2.24) is 0 Å². The standard InChI is InChI=1S/C10H5BrClNS/c11-9-3-10-6(1-7(9)5-13)2-8(4-12)14-10/h1-3H,4H2. The van der Waals surface area contributed by atoms with Crippen molar-refractivity contribution in [3.8, 4) is 6.07 Å². The van der Waals surface area contributed by atoms with E-state index in [1.165, 1.54) is 0 Å². The minimum atomic E-state index is 0.527. The molecule has 2 rings (SSSR count). The number of fused-ring (bicyclic) bond motifs is 1. The third kappa shape index (κ3) is 1.66. The third-order valence-corrected chi connectivity index (χ3v) is 4.11. The maximum Gasteiger partial charge on any atom is 0.100 e. The van der Waals surface area contributed by atoms with Crippen LogP contribution in [0.4, 0.5) is 0 Å². The van der Waals surface area contributed by atoms with Crippen LogP contribution in [0.1, 0.15) is 10.4 Å². The van der Waals surface area contributed by atoms with Crippen molar-refractivity contribution in [3.63, 3.8) is 0 Å². The second-order valence-electron chi connectivity index (χ2n) is 2.83. The van der Waals surface area contributed by atoms with Crippen LogP contribution in [0, 0.1) is 11.3 Å². The maximum atomic E-state index is 8.84. The molecule has 1 aromatic carbocycles. The molecule has 0 unspecified atom stereocenters. The lowest BCUT2D eigenvalue weighted by Crippen LogP contribution is -1.75. The van der Waals surface area contributed by atoms with Gasteiger partial charge in [0.25, 0.3) is 0 Å². The van der Waals surface area contributed by atoms with Crippen LogP contribution in [-0.4, -0.2) is 0 Å². The Labute approximate surface area is 99.0 Å². The molecule has 0 amide bonds. The fourth-order valence-electron chi connectivity index (χ4n) is 1.27. The highest BCUT2D eigenvalue weighted by atomic mass is 79.9. The van der Waals surface area contributed by atoms with Crippen molar-refractivity contribution in [1.29, 1.82) is 5.26 Å².